The quantitative estimate of drug-likeness (QED) is 0.515. The van der Waals surface area contributed by atoms with Crippen LogP contribution in [0.4, 0.5) is 0 Å². The van der Waals surface area contributed by atoms with Gasteiger partial charge in [0.1, 0.15) is 0 Å². The van der Waals surface area contributed by atoms with Crippen LogP contribution in [0.1, 0.15) is 46.5 Å². The number of allylic oxidation sites excluding steroid dienone is 4. The molecule has 0 spiro atoms. The van der Waals surface area contributed by atoms with E-state index in [4.69, 9.17) is 0 Å². The molecule has 0 saturated heterocycles. The lowest BCUT2D eigenvalue weighted by Crippen LogP contribution is -1.89. The zero-order chi connectivity index (χ0) is 9.23. The van der Waals surface area contributed by atoms with Crippen LogP contribution < -0.4 is 0 Å². The lowest BCUT2D eigenvalue weighted by Gasteiger charge is -2.03. The highest BCUT2D eigenvalue weighted by Crippen LogP contribution is 2.08. The predicted molar refractivity (Wildman–Crippen MR) is 57.3 cm³/mol. The average Bonchev–Trinajstić information content (AvgIpc) is 2.11. The molecule has 0 bridgehead atoms. The second-order valence-corrected chi connectivity index (χ2v) is 3.18. The van der Waals surface area contributed by atoms with Gasteiger partial charge in [0.25, 0.3) is 0 Å². The van der Waals surface area contributed by atoms with Crippen LogP contribution in [0.3, 0.4) is 0 Å². The first-order chi connectivity index (χ1) is 5.85. The van der Waals surface area contributed by atoms with E-state index in [1.165, 1.54) is 25.7 Å². The van der Waals surface area contributed by atoms with Gasteiger partial charge in [-0.05, 0) is 25.2 Å². The van der Waals surface area contributed by atoms with Gasteiger partial charge in [-0.15, -0.1) is 0 Å². The molecular formula is C12H22. The van der Waals surface area contributed by atoms with E-state index in [-0.39, 0.29) is 0 Å². The summed E-state index contributed by atoms with van der Waals surface area (Å²) < 4.78 is 0. The molecule has 0 fully saturated rings. The summed E-state index contributed by atoms with van der Waals surface area (Å²) >= 11 is 0. The Morgan fingerprint density at radius 1 is 1.00 bits per heavy atom. The van der Waals surface area contributed by atoms with Crippen molar-refractivity contribution in [3.05, 3.63) is 24.3 Å². The van der Waals surface area contributed by atoms with Crippen molar-refractivity contribution >= 4 is 0 Å². The average molecular weight is 166 g/mol. The number of rotatable bonds is 6. The summed E-state index contributed by atoms with van der Waals surface area (Å²) in [7, 11) is 0. The fraction of sp³-hybridized carbons (Fsp3) is 0.667. The smallest absolute Gasteiger partial charge is 0.0236 e. The molecule has 0 aromatic rings. The van der Waals surface area contributed by atoms with Gasteiger partial charge in [-0.25, -0.2) is 0 Å². The maximum absolute atomic E-state index is 2.31. The summed E-state index contributed by atoms with van der Waals surface area (Å²) in [6.45, 7) is 6.69. The Bertz CT molecular complexity index is 127. The van der Waals surface area contributed by atoms with Crippen LogP contribution in [0.5, 0.6) is 0 Å². The van der Waals surface area contributed by atoms with Gasteiger partial charge < -0.3 is 0 Å². The SMILES string of the molecule is CCCC=CC=CC(CC)CC. The summed E-state index contributed by atoms with van der Waals surface area (Å²) in [6.07, 6.45) is 13.9. The Labute approximate surface area is 77.4 Å². The first-order valence-electron chi connectivity index (χ1n) is 5.18. The molecule has 70 valence electrons. The third-order valence-corrected chi connectivity index (χ3v) is 2.13. The lowest BCUT2D eigenvalue weighted by molar-refractivity contribution is 0.606. The topological polar surface area (TPSA) is 0 Å². The van der Waals surface area contributed by atoms with E-state index < -0.39 is 0 Å². The Morgan fingerprint density at radius 3 is 2.17 bits per heavy atom. The van der Waals surface area contributed by atoms with Gasteiger partial charge in [0.05, 0.1) is 0 Å². The summed E-state index contributed by atoms with van der Waals surface area (Å²) in [5.41, 5.74) is 0. The molecule has 0 nitrogen and oxygen atoms in total. The van der Waals surface area contributed by atoms with Gasteiger partial charge in [0.2, 0.25) is 0 Å². The molecule has 0 saturated carbocycles. The number of hydrogen-bond acceptors (Lipinski definition) is 0. The minimum atomic E-state index is 0.774. The van der Waals surface area contributed by atoms with E-state index in [2.05, 4.69) is 45.1 Å². The van der Waals surface area contributed by atoms with Crippen LogP contribution in [0.25, 0.3) is 0 Å². The van der Waals surface area contributed by atoms with Gasteiger partial charge in [-0.1, -0.05) is 51.5 Å². The van der Waals surface area contributed by atoms with Crippen LogP contribution in [0.15, 0.2) is 24.3 Å². The van der Waals surface area contributed by atoms with Crippen LogP contribution in [-0.2, 0) is 0 Å². The standard InChI is InChI=1S/C12H22/c1-4-7-8-9-10-11-12(5-2)6-3/h8-12H,4-7H2,1-3H3. The zero-order valence-electron chi connectivity index (χ0n) is 8.72. The Morgan fingerprint density at radius 2 is 1.67 bits per heavy atom. The Kier molecular flexibility index (Phi) is 8.20. The van der Waals surface area contributed by atoms with Crippen molar-refractivity contribution < 1.29 is 0 Å². The van der Waals surface area contributed by atoms with Crippen LogP contribution in [0, 0.1) is 5.92 Å². The van der Waals surface area contributed by atoms with Crippen LogP contribution in [0.2, 0.25) is 0 Å². The predicted octanol–water partition coefficient (Wildman–Crippen LogP) is 4.34. The fourth-order valence-corrected chi connectivity index (χ4v) is 1.12. The molecular weight excluding hydrogens is 144 g/mol. The minimum absolute atomic E-state index is 0.774. The summed E-state index contributed by atoms with van der Waals surface area (Å²) in [5.74, 6) is 0.774. The molecule has 0 aromatic heterocycles. The van der Waals surface area contributed by atoms with E-state index in [0.717, 1.165) is 5.92 Å². The van der Waals surface area contributed by atoms with Crippen LogP contribution >= 0.6 is 0 Å². The first kappa shape index (κ1) is 11.5. The molecule has 0 rings (SSSR count). The van der Waals surface area contributed by atoms with Crippen molar-refractivity contribution in [3.8, 4) is 0 Å². The Hall–Kier alpha value is -0.520. The normalized spacial score (nSPS) is 12.3. The molecule has 0 heteroatoms. The largest absolute Gasteiger partial charge is 0.0846 e. The molecule has 0 aliphatic heterocycles. The van der Waals surface area contributed by atoms with Gasteiger partial charge in [0, 0.05) is 0 Å². The number of unbranched alkanes of at least 4 members (excludes halogenated alkanes) is 1. The molecule has 12 heavy (non-hydrogen) atoms. The highest BCUT2D eigenvalue weighted by Gasteiger charge is 1.94. The molecule has 0 radical (unpaired) electrons. The lowest BCUT2D eigenvalue weighted by atomic mass is 10.0. The van der Waals surface area contributed by atoms with Crippen LogP contribution in [-0.4, -0.2) is 0 Å². The maximum atomic E-state index is 2.31. The third-order valence-electron chi connectivity index (χ3n) is 2.13. The fourth-order valence-electron chi connectivity index (χ4n) is 1.12. The summed E-state index contributed by atoms with van der Waals surface area (Å²) in [4.78, 5) is 0. The van der Waals surface area contributed by atoms with Gasteiger partial charge in [-0.3, -0.25) is 0 Å². The monoisotopic (exact) mass is 166 g/mol. The van der Waals surface area contributed by atoms with E-state index in [9.17, 15) is 0 Å². The number of hydrogen-bond donors (Lipinski definition) is 0. The summed E-state index contributed by atoms with van der Waals surface area (Å²) in [6, 6.07) is 0. The highest BCUT2D eigenvalue weighted by molar-refractivity contribution is 5.03. The van der Waals surface area contributed by atoms with Crippen molar-refractivity contribution in [2.45, 2.75) is 46.5 Å². The van der Waals surface area contributed by atoms with Crippen molar-refractivity contribution in [1.82, 2.24) is 0 Å². The van der Waals surface area contributed by atoms with Gasteiger partial charge in [-0.2, -0.15) is 0 Å². The van der Waals surface area contributed by atoms with Crippen molar-refractivity contribution in [2.75, 3.05) is 0 Å². The molecule has 0 amide bonds. The molecule has 0 N–H and O–H groups in total. The molecule has 0 atom stereocenters. The third kappa shape index (κ3) is 6.21. The molecule has 0 unspecified atom stereocenters. The molecule has 0 aliphatic carbocycles. The van der Waals surface area contributed by atoms with E-state index >= 15 is 0 Å². The zero-order valence-corrected chi connectivity index (χ0v) is 8.72. The molecule has 0 aromatic carbocycles. The summed E-state index contributed by atoms with van der Waals surface area (Å²) in [5, 5.41) is 0. The van der Waals surface area contributed by atoms with E-state index in [1.807, 2.05) is 0 Å². The second kappa shape index (κ2) is 8.58. The first-order valence-corrected chi connectivity index (χ1v) is 5.18. The Balaban J connectivity index is 3.58. The minimum Gasteiger partial charge on any atom is -0.0846 e. The van der Waals surface area contributed by atoms with E-state index in [0.29, 0.717) is 0 Å². The highest BCUT2D eigenvalue weighted by atomic mass is 14.0. The van der Waals surface area contributed by atoms with Crippen molar-refractivity contribution in [1.29, 1.82) is 0 Å². The van der Waals surface area contributed by atoms with Gasteiger partial charge in [0.15, 0.2) is 0 Å². The van der Waals surface area contributed by atoms with Crippen molar-refractivity contribution in [2.24, 2.45) is 5.92 Å². The van der Waals surface area contributed by atoms with Gasteiger partial charge >= 0.3 is 0 Å². The molecule has 0 aliphatic rings. The molecule has 0 heterocycles. The maximum Gasteiger partial charge on any atom is -0.0236 e. The van der Waals surface area contributed by atoms with Crippen molar-refractivity contribution in [3.63, 3.8) is 0 Å². The second-order valence-electron chi connectivity index (χ2n) is 3.18. The van der Waals surface area contributed by atoms with E-state index in [1.54, 1.807) is 0 Å².